The molecular weight excluding hydrogens is 256 g/mol. The van der Waals surface area contributed by atoms with Crippen LogP contribution in [0.4, 0.5) is 0 Å². The van der Waals surface area contributed by atoms with Gasteiger partial charge in [-0.3, -0.25) is 14.5 Å². The standard InChI is InChI=1S/C12H20N2O3.ClH/c15-11(13-6-2-1-3-7-13)9-14-8-4-5-10(14)12(16)17;/h10H,1-9H2,(H,16,17);1H. The number of carboxylic acid groups (broad SMARTS) is 1. The first kappa shape index (κ1) is 15.2. The molecule has 0 spiro atoms. The van der Waals surface area contributed by atoms with Gasteiger partial charge in [-0.1, -0.05) is 0 Å². The van der Waals surface area contributed by atoms with Gasteiger partial charge in [0.25, 0.3) is 0 Å². The fourth-order valence-electron chi connectivity index (χ4n) is 2.71. The van der Waals surface area contributed by atoms with Gasteiger partial charge >= 0.3 is 5.97 Å². The summed E-state index contributed by atoms with van der Waals surface area (Å²) in [5.41, 5.74) is 0. The summed E-state index contributed by atoms with van der Waals surface area (Å²) in [6.45, 7) is 2.68. The lowest BCUT2D eigenvalue weighted by molar-refractivity contribution is -0.143. The summed E-state index contributed by atoms with van der Waals surface area (Å²) in [6, 6.07) is -0.455. The fourth-order valence-corrected chi connectivity index (χ4v) is 2.71. The Balaban J connectivity index is 0.00000162. The highest BCUT2D eigenvalue weighted by Gasteiger charge is 2.32. The molecule has 5 nitrogen and oxygen atoms in total. The molecule has 0 aliphatic carbocycles. The van der Waals surface area contributed by atoms with Gasteiger partial charge in [-0.2, -0.15) is 0 Å². The molecule has 2 rings (SSSR count). The molecule has 1 atom stereocenters. The molecule has 2 fully saturated rings. The number of hydrogen-bond donors (Lipinski definition) is 1. The summed E-state index contributed by atoms with van der Waals surface area (Å²) in [6.07, 6.45) is 4.90. The van der Waals surface area contributed by atoms with Gasteiger partial charge in [-0.15, -0.1) is 12.4 Å². The quantitative estimate of drug-likeness (QED) is 0.834. The van der Waals surface area contributed by atoms with Crippen molar-refractivity contribution in [2.24, 2.45) is 0 Å². The number of piperidine rings is 1. The molecule has 6 heteroatoms. The van der Waals surface area contributed by atoms with Crippen molar-refractivity contribution in [2.45, 2.75) is 38.1 Å². The molecule has 1 amide bonds. The Bertz CT molecular complexity index is 306. The Labute approximate surface area is 114 Å². The van der Waals surface area contributed by atoms with Gasteiger partial charge in [0, 0.05) is 13.1 Å². The van der Waals surface area contributed by atoms with Gasteiger partial charge in [0.15, 0.2) is 0 Å². The van der Waals surface area contributed by atoms with Crippen LogP contribution in [0.3, 0.4) is 0 Å². The van der Waals surface area contributed by atoms with E-state index in [4.69, 9.17) is 5.11 Å². The minimum atomic E-state index is -0.797. The molecule has 0 bridgehead atoms. The SMILES string of the molecule is Cl.O=C(O)C1CCCN1CC(=O)N1CCCCC1. The van der Waals surface area contributed by atoms with E-state index >= 15 is 0 Å². The topological polar surface area (TPSA) is 60.9 Å². The maximum Gasteiger partial charge on any atom is 0.320 e. The zero-order valence-corrected chi connectivity index (χ0v) is 11.3. The first-order valence-electron chi connectivity index (χ1n) is 6.43. The summed E-state index contributed by atoms with van der Waals surface area (Å²) >= 11 is 0. The van der Waals surface area contributed by atoms with Crippen LogP contribution in [0.15, 0.2) is 0 Å². The van der Waals surface area contributed by atoms with Crippen molar-refractivity contribution in [3.05, 3.63) is 0 Å². The van der Waals surface area contributed by atoms with E-state index in [1.165, 1.54) is 6.42 Å². The van der Waals surface area contributed by atoms with Crippen LogP contribution in [0.5, 0.6) is 0 Å². The number of amides is 1. The summed E-state index contributed by atoms with van der Waals surface area (Å²) in [5, 5.41) is 9.04. The molecule has 104 valence electrons. The van der Waals surface area contributed by atoms with Gasteiger partial charge in [0.1, 0.15) is 6.04 Å². The van der Waals surface area contributed by atoms with Gasteiger partial charge < -0.3 is 10.0 Å². The molecule has 0 aromatic rings. The number of carboxylic acids is 1. The number of nitrogens with zero attached hydrogens (tertiary/aromatic N) is 2. The van der Waals surface area contributed by atoms with E-state index in [0.717, 1.165) is 38.9 Å². The van der Waals surface area contributed by atoms with Crippen LogP contribution in [0, 0.1) is 0 Å². The number of halogens is 1. The van der Waals surface area contributed by atoms with Gasteiger partial charge in [0.05, 0.1) is 6.54 Å². The van der Waals surface area contributed by atoms with E-state index < -0.39 is 12.0 Å². The van der Waals surface area contributed by atoms with Gasteiger partial charge in [-0.05, 0) is 38.6 Å². The number of carbonyl (C=O) groups excluding carboxylic acids is 1. The predicted octanol–water partition coefficient (Wildman–Crippen LogP) is 0.970. The van der Waals surface area contributed by atoms with Gasteiger partial charge in [-0.25, -0.2) is 0 Å². The Kier molecular flexibility index (Phi) is 5.88. The molecule has 18 heavy (non-hydrogen) atoms. The maximum absolute atomic E-state index is 12.0. The highest BCUT2D eigenvalue weighted by Crippen LogP contribution is 2.18. The second kappa shape index (κ2) is 6.95. The molecule has 0 radical (unpaired) electrons. The lowest BCUT2D eigenvalue weighted by atomic mass is 10.1. The lowest BCUT2D eigenvalue weighted by Gasteiger charge is -2.29. The van der Waals surface area contributed by atoms with Crippen molar-refractivity contribution in [3.8, 4) is 0 Å². The second-order valence-electron chi connectivity index (χ2n) is 4.91. The second-order valence-corrected chi connectivity index (χ2v) is 4.91. The molecule has 2 aliphatic rings. The van der Waals surface area contributed by atoms with E-state index in [0.29, 0.717) is 6.42 Å². The molecule has 0 aromatic carbocycles. The largest absolute Gasteiger partial charge is 0.480 e. The summed E-state index contributed by atoms with van der Waals surface area (Å²) in [4.78, 5) is 26.7. The molecule has 0 saturated carbocycles. The first-order chi connectivity index (χ1) is 8.18. The monoisotopic (exact) mass is 276 g/mol. The van der Waals surface area contributed by atoms with Gasteiger partial charge in [0.2, 0.25) is 5.91 Å². The number of rotatable bonds is 3. The summed E-state index contributed by atoms with van der Waals surface area (Å²) in [5.74, 6) is -0.702. The zero-order valence-electron chi connectivity index (χ0n) is 10.5. The highest BCUT2D eigenvalue weighted by molar-refractivity contribution is 5.85. The molecule has 1 N–H and O–H groups in total. The minimum absolute atomic E-state index is 0. The van der Waals surface area contributed by atoms with Crippen molar-refractivity contribution in [1.29, 1.82) is 0 Å². The Morgan fingerprint density at radius 1 is 1.06 bits per heavy atom. The molecule has 2 aliphatic heterocycles. The predicted molar refractivity (Wildman–Crippen MR) is 69.9 cm³/mol. The Morgan fingerprint density at radius 3 is 2.33 bits per heavy atom. The fraction of sp³-hybridized carbons (Fsp3) is 0.833. The van der Waals surface area contributed by atoms with Crippen molar-refractivity contribution < 1.29 is 14.7 Å². The third-order valence-corrected chi connectivity index (χ3v) is 3.70. The average Bonchev–Trinajstić information content (AvgIpc) is 2.78. The molecule has 1 unspecified atom stereocenters. The number of aliphatic carboxylic acids is 1. The van der Waals surface area contributed by atoms with Crippen LogP contribution in [0.1, 0.15) is 32.1 Å². The summed E-state index contributed by atoms with van der Waals surface area (Å²) < 4.78 is 0. The van der Waals surface area contributed by atoms with Crippen LogP contribution in [0.25, 0.3) is 0 Å². The summed E-state index contributed by atoms with van der Waals surface area (Å²) in [7, 11) is 0. The first-order valence-corrected chi connectivity index (χ1v) is 6.43. The Morgan fingerprint density at radius 2 is 1.72 bits per heavy atom. The number of hydrogen-bond acceptors (Lipinski definition) is 3. The smallest absolute Gasteiger partial charge is 0.320 e. The van der Waals surface area contributed by atoms with Crippen LogP contribution in [-0.4, -0.2) is 59.0 Å². The maximum atomic E-state index is 12.0. The van der Waals surface area contributed by atoms with Crippen LogP contribution >= 0.6 is 12.4 Å². The van der Waals surface area contributed by atoms with Crippen LogP contribution < -0.4 is 0 Å². The van der Waals surface area contributed by atoms with E-state index in [9.17, 15) is 9.59 Å². The molecule has 0 aromatic heterocycles. The van der Waals surface area contributed by atoms with Crippen LogP contribution in [-0.2, 0) is 9.59 Å². The van der Waals surface area contributed by atoms with E-state index in [1.807, 2.05) is 4.90 Å². The van der Waals surface area contributed by atoms with Crippen molar-refractivity contribution in [1.82, 2.24) is 9.80 Å². The van der Waals surface area contributed by atoms with E-state index in [1.54, 1.807) is 4.90 Å². The number of carbonyl (C=O) groups is 2. The molecule has 2 heterocycles. The number of likely N-dealkylation sites (tertiary alicyclic amines) is 2. The van der Waals surface area contributed by atoms with E-state index in [-0.39, 0.29) is 24.9 Å². The average molecular weight is 277 g/mol. The Hall–Kier alpha value is -0.810. The van der Waals surface area contributed by atoms with Crippen LogP contribution in [0.2, 0.25) is 0 Å². The van der Waals surface area contributed by atoms with Crippen molar-refractivity contribution in [2.75, 3.05) is 26.2 Å². The molecule has 2 saturated heterocycles. The lowest BCUT2D eigenvalue weighted by Crippen LogP contribution is -2.46. The zero-order chi connectivity index (χ0) is 12.3. The van der Waals surface area contributed by atoms with Crippen molar-refractivity contribution in [3.63, 3.8) is 0 Å². The minimum Gasteiger partial charge on any atom is -0.480 e. The van der Waals surface area contributed by atoms with E-state index in [2.05, 4.69) is 0 Å². The third kappa shape index (κ3) is 3.59. The molecular formula is C12H21ClN2O3. The normalized spacial score (nSPS) is 24.7. The third-order valence-electron chi connectivity index (χ3n) is 3.70. The van der Waals surface area contributed by atoms with Crippen molar-refractivity contribution >= 4 is 24.3 Å². The highest BCUT2D eigenvalue weighted by atomic mass is 35.5.